The van der Waals surface area contributed by atoms with E-state index in [4.69, 9.17) is 4.74 Å². The van der Waals surface area contributed by atoms with Crippen molar-refractivity contribution < 1.29 is 13.9 Å². The van der Waals surface area contributed by atoms with Crippen molar-refractivity contribution in [2.45, 2.75) is 13.3 Å². The Hall–Kier alpha value is -2.60. The molecule has 1 fully saturated rings. The van der Waals surface area contributed by atoms with Crippen LogP contribution in [0.15, 0.2) is 48.5 Å². The zero-order valence-electron chi connectivity index (χ0n) is 15.7. The average molecular weight is 371 g/mol. The summed E-state index contributed by atoms with van der Waals surface area (Å²) in [5.74, 6) is 0.482. The third kappa shape index (κ3) is 5.44. The second kappa shape index (κ2) is 9.37. The summed E-state index contributed by atoms with van der Waals surface area (Å²) in [7, 11) is 0. The molecule has 2 amide bonds. The molecular weight excluding hydrogens is 345 g/mol. The summed E-state index contributed by atoms with van der Waals surface area (Å²) in [5.41, 5.74) is 1.83. The zero-order valence-corrected chi connectivity index (χ0v) is 15.7. The van der Waals surface area contributed by atoms with Gasteiger partial charge in [-0.3, -0.25) is 4.90 Å². The maximum atomic E-state index is 13.0. The van der Waals surface area contributed by atoms with E-state index >= 15 is 0 Å². The van der Waals surface area contributed by atoms with E-state index < -0.39 is 0 Å². The first-order chi connectivity index (χ1) is 13.2. The number of benzene rings is 2. The molecule has 1 aliphatic heterocycles. The first-order valence-electron chi connectivity index (χ1n) is 9.40. The number of para-hydroxylation sites is 2. The topological polar surface area (TPSA) is 44.8 Å². The molecule has 0 bridgehead atoms. The molecule has 144 valence electrons. The molecular formula is C21H26FN3O2. The van der Waals surface area contributed by atoms with Crippen molar-refractivity contribution in [3.05, 3.63) is 59.9 Å². The van der Waals surface area contributed by atoms with Gasteiger partial charge in [-0.2, -0.15) is 0 Å². The third-order valence-corrected chi connectivity index (χ3v) is 4.72. The van der Waals surface area contributed by atoms with Crippen LogP contribution in [0.2, 0.25) is 0 Å². The molecule has 0 unspecified atom stereocenters. The minimum atomic E-state index is -0.204. The molecule has 1 N–H and O–H groups in total. The zero-order chi connectivity index (χ0) is 19.1. The first-order valence-corrected chi connectivity index (χ1v) is 9.40. The quantitative estimate of drug-likeness (QED) is 0.844. The van der Waals surface area contributed by atoms with Gasteiger partial charge in [-0.05, 0) is 43.2 Å². The highest BCUT2D eigenvalue weighted by Gasteiger charge is 2.21. The van der Waals surface area contributed by atoms with E-state index in [-0.39, 0.29) is 11.8 Å². The fourth-order valence-electron chi connectivity index (χ4n) is 3.16. The van der Waals surface area contributed by atoms with Crippen LogP contribution in [0.25, 0.3) is 0 Å². The molecule has 2 aromatic carbocycles. The maximum Gasteiger partial charge on any atom is 0.322 e. The predicted octanol–water partition coefficient (Wildman–Crippen LogP) is 3.62. The number of nitrogens with zero attached hydrogens (tertiary/aromatic N) is 2. The lowest BCUT2D eigenvalue weighted by molar-refractivity contribution is 0.148. The first kappa shape index (κ1) is 19.2. The highest BCUT2D eigenvalue weighted by Crippen LogP contribution is 2.24. The van der Waals surface area contributed by atoms with E-state index in [1.807, 2.05) is 48.2 Å². The van der Waals surface area contributed by atoms with Crippen LogP contribution < -0.4 is 10.1 Å². The lowest BCUT2D eigenvalue weighted by Gasteiger charge is -2.34. The van der Waals surface area contributed by atoms with Gasteiger partial charge >= 0.3 is 6.03 Å². The van der Waals surface area contributed by atoms with E-state index in [1.54, 1.807) is 0 Å². The number of halogens is 1. The number of nitrogens with one attached hydrogen (secondary N) is 1. The van der Waals surface area contributed by atoms with Crippen LogP contribution >= 0.6 is 0 Å². The molecule has 1 heterocycles. The number of amides is 2. The molecule has 0 saturated carbocycles. The van der Waals surface area contributed by atoms with Crippen LogP contribution in [-0.4, -0.2) is 55.2 Å². The van der Waals surface area contributed by atoms with Crippen LogP contribution in [0.1, 0.15) is 12.5 Å². The fourth-order valence-corrected chi connectivity index (χ4v) is 3.16. The molecule has 3 rings (SSSR count). The second-order valence-electron chi connectivity index (χ2n) is 6.56. The van der Waals surface area contributed by atoms with Gasteiger partial charge in [-0.25, -0.2) is 9.18 Å². The monoisotopic (exact) mass is 371 g/mol. The van der Waals surface area contributed by atoms with E-state index in [2.05, 4.69) is 10.2 Å². The molecule has 0 aromatic heterocycles. The smallest absolute Gasteiger partial charge is 0.322 e. The van der Waals surface area contributed by atoms with Crippen molar-refractivity contribution in [1.82, 2.24) is 9.80 Å². The Morgan fingerprint density at radius 3 is 2.48 bits per heavy atom. The molecule has 1 saturated heterocycles. The van der Waals surface area contributed by atoms with E-state index in [0.717, 1.165) is 31.6 Å². The molecule has 0 radical (unpaired) electrons. The molecule has 6 heteroatoms. The average Bonchev–Trinajstić information content (AvgIpc) is 2.69. The van der Waals surface area contributed by atoms with Crippen LogP contribution in [0, 0.1) is 5.82 Å². The molecule has 27 heavy (non-hydrogen) atoms. The normalized spacial score (nSPS) is 14.8. The largest absolute Gasteiger partial charge is 0.492 e. The number of urea groups is 1. The predicted molar refractivity (Wildman–Crippen MR) is 105 cm³/mol. The number of rotatable bonds is 6. The number of carbonyl (C=O) groups is 1. The van der Waals surface area contributed by atoms with Gasteiger partial charge in [0.15, 0.2) is 0 Å². The van der Waals surface area contributed by atoms with Crippen LogP contribution in [0.5, 0.6) is 5.75 Å². The SMILES string of the molecule is CCOc1ccccc1NC(=O)N1CCN(CCc2ccc(F)cc2)CC1. The van der Waals surface area contributed by atoms with Crippen LogP contribution in [-0.2, 0) is 6.42 Å². The minimum absolute atomic E-state index is 0.0969. The molecule has 0 spiro atoms. The Bertz CT molecular complexity index is 743. The molecule has 1 aliphatic rings. The second-order valence-corrected chi connectivity index (χ2v) is 6.56. The van der Waals surface area contributed by atoms with Gasteiger partial charge in [0.1, 0.15) is 11.6 Å². The van der Waals surface area contributed by atoms with Gasteiger partial charge in [-0.1, -0.05) is 24.3 Å². The number of ether oxygens (including phenoxy) is 1. The summed E-state index contributed by atoms with van der Waals surface area (Å²) in [5, 5.41) is 2.95. The summed E-state index contributed by atoms with van der Waals surface area (Å²) in [6, 6.07) is 14.0. The molecule has 5 nitrogen and oxygen atoms in total. The van der Waals surface area contributed by atoms with Crippen molar-refractivity contribution in [2.75, 3.05) is 44.6 Å². The van der Waals surface area contributed by atoms with Crippen LogP contribution in [0.4, 0.5) is 14.9 Å². The fraction of sp³-hybridized carbons (Fsp3) is 0.381. The minimum Gasteiger partial charge on any atom is -0.492 e. The number of hydrogen-bond donors (Lipinski definition) is 1. The number of carbonyl (C=O) groups excluding carboxylic acids is 1. The Balaban J connectivity index is 1.46. The van der Waals surface area contributed by atoms with Gasteiger partial charge in [-0.15, -0.1) is 0 Å². The summed E-state index contributed by atoms with van der Waals surface area (Å²) in [6.07, 6.45) is 0.883. The van der Waals surface area contributed by atoms with Crippen molar-refractivity contribution in [2.24, 2.45) is 0 Å². The van der Waals surface area contributed by atoms with Crippen LogP contribution in [0.3, 0.4) is 0 Å². The van der Waals surface area contributed by atoms with Gasteiger partial charge in [0.25, 0.3) is 0 Å². The van der Waals surface area contributed by atoms with Crippen molar-refractivity contribution in [3.63, 3.8) is 0 Å². The summed E-state index contributed by atoms with van der Waals surface area (Å²) >= 11 is 0. The van der Waals surface area contributed by atoms with Crippen molar-refractivity contribution in [1.29, 1.82) is 0 Å². The lowest BCUT2D eigenvalue weighted by Crippen LogP contribution is -2.50. The van der Waals surface area contributed by atoms with Gasteiger partial charge in [0, 0.05) is 32.7 Å². The number of anilines is 1. The van der Waals surface area contributed by atoms with Crippen molar-refractivity contribution >= 4 is 11.7 Å². The highest BCUT2D eigenvalue weighted by atomic mass is 19.1. The molecule has 0 atom stereocenters. The lowest BCUT2D eigenvalue weighted by atomic mass is 10.1. The molecule has 2 aromatic rings. The maximum absolute atomic E-state index is 13.0. The number of piperazine rings is 1. The van der Waals surface area contributed by atoms with E-state index in [0.29, 0.717) is 31.1 Å². The summed E-state index contributed by atoms with van der Waals surface area (Å²) in [4.78, 5) is 16.7. The Kier molecular flexibility index (Phi) is 6.65. The van der Waals surface area contributed by atoms with E-state index in [1.165, 1.54) is 12.1 Å². The molecule has 0 aliphatic carbocycles. The van der Waals surface area contributed by atoms with Gasteiger partial charge in [0.2, 0.25) is 0 Å². The standard InChI is InChI=1S/C21H26FN3O2/c1-2-27-20-6-4-3-5-19(20)23-21(26)25-15-13-24(14-16-25)12-11-17-7-9-18(22)10-8-17/h3-10H,2,11-16H2,1H3,(H,23,26). The Labute approximate surface area is 159 Å². The van der Waals surface area contributed by atoms with Gasteiger partial charge in [0.05, 0.1) is 12.3 Å². The highest BCUT2D eigenvalue weighted by molar-refractivity contribution is 5.91. The third-order valence-electron chi connectivity index (χ3n) is 4.72. The van der Waals surface area contributed by atoms with E-state index in [9.17, 15) is 9.18 Å². The van der Waals surface area contributed by atoms with Crippen molar-refractivity contribution in [3.8, 4) is 5.75 Å². The Morgan fingerprint density at radius 2 is 1.78 bits per heavy atom. The number of hydrogen-bond acceptors (Lipinski definition) is 3. The summed E-state index contributed by atoms with van der Waals surface area (Å²) < 4.78 is 18.5. The Morgan fingerprint density at radius 1 is 1.07 bits per heavy atom. The summed E-state index contributed by atoms with van der Waals surface area (Å²) in [6.45, 7) is 6.43. The van der Waals surface area contributed by atoms with Gasteiger partial charge < -0.3 is 15.0 Å².